The number of hydrogen-bond acceptors (Lipinski definition) is 3. The lowest BCUT2D eigenvalue weighted by Crippen LogP contribution is -2.46. The van der Waals surface area contributed by atoms with Crippen LogP contribution in [-0.4, -0.2) is 29.1 Å². The number of carbonyl (C=O) groups excluding carboxylic acids is 2. The summed E-state index contributed by atoms with van der Waals surface area (Å²) in [4.78, 5) is 23.7. The van der Waals surface area contributed by atoms with Gasteiger partial charge in [-0.2, -0.15) is 0 Å². The summed E-state index contributed by atoms with van der Waals surface area (Å²) in [6.45, 7) is 1.88. The summed E-state index contributed by atoms with van der Waals surface area (Å²) in [6, 6.07) is 16.8. The Labute approximate surface area is 158 Å². The van der Waals surface area contributed by atoms with Gasteiger partial charge in [0, 0.05) is 18.1 Å². The number of carbonyl (C=O) groups is 2. The molecule has 0 fully saturated rings. The van der Waals surface area contributed by atoms with E-state index >= 15 is 0 Å². The monoisotopic (exact) mass is 374 g/mol. The van der Waals surface area contributed by atoms with Crippen molar-refractivity contribution in [2.45, 2.75) is 31.9 Å². The molecular weight excluding hydrogens is 352 g/mol. The Morgan fingerprint density at radius 2 is 1.58 bits per heavy atom. The van der Waals surface area contributed by atoms with E-state index in [4.69, 9.17) is 11.6 Å². The van der Waals surface area contributed by atoms with Gasteiger partial charge in [-0.05, 0) is 43.0 Å². The molecule has 0 aliphatic rings. The molecule has 26 heavy (non-hydrogen) atoms. The van der Waals surface area contributed by atoms with Crippen LogP contribution in [0, 0.1) is 0 Å². The Balaban J connectivity index is 1.73. The minimum Gasteiger partial charge on any atom is -0.388 e. The summed E-state index contributed by atoms with van der Waals surface area (Å²) < 4.78 is 0. The summed E-state index contributed by atoms with van der Waals surface area (Å²) in [7, 11) is 0. The van der Waals surface area contributed by atoms with Gasteiger partial charge in [-0.15, -0.1) is 0 Å². The molecule has 0 spiro atoms. The largest absolute Gasteiger partial charge is 0.388 e. The van der Waals surface area contributed by atoms with Crippen LogP contribution in [0.15, 0.2) is 54.6 Å². The van der Waals surface area contributed by atoms with Crippen LogP contribution in [0.3, 0.4) is 0 Å². The smallest absolute Gasteiger partial charge is 0.309 e. The highest BCUT2D eigenvalue weighted by molar-refractivity contribution is 6.35. The second-order valence-corrected chi connectivity index (χ2v) is 6.91. The van der Waals surface area contributed by atoms with Gasteiger partial charge in [-0.3, -0.25) is 9.59 Å². The molecule has 2 amide bonds. The molecule has 0 aliphatic carbocycles. The molecule has 2 rings (SSSR count). The van der Waals surface area contributed by atoms with Gasteiger partial charge in [0.15, 0.2) is 0 Å². The van der Waals surface area contributed by atoms with Crippen molar-refractivity contribution in [1.82, 2.24) is 10.6 Å². The molecule has 2 aromatic rings. The number of aryl methyl sites for hydroxylation is 1. The van der Waals surface area contributed by atoms with Crippen molar-refractivity contribution in [3.05, 3.63) is 70.7 Å². The Morgan fingerprint density at radius 3 is 2.23 bits per heavy atom. The fourth-order valence-corrected chi connectivity index (χ4v) is 2.49. The zero-order valence-corrected chi connectivity index (χ0v) is 15.4. The summed E-state index contributed by atoms with van der Waals surface area (Å²) >= 11 is 5.80. The highest BCUT2D eigenvalue weighted by Crippen LogP contribution is 2.13. The molecule has 0 heterocycles. The summed E-state index contributed by atoms with van der Waals surface area (Å²) in [5, 5.41) is 16.0. The third-order valence-corrected chi connectivity index (χ3v) is 4.25. The van der Waals surface area contributed by atoms with E-state index in [-0.39, 0.29) is 13.1 Å². The minimum atomic E-state index is -1.10. The predicted octanol–water partition coefficient (Wildman–Crippen LogP) is 2.46. The van der Waals surface area contributed by atoms with E-state index in [1.807, 2.05) is 30.3 Å². The average Bonchev–Trinajstić information content (AvgIpc) is 2.65. The molecular formula is C20H23ClN2O3. The summed E-state index contributed by atoms with van der Waals surface area (Å²) in [5.41, 5.74) is 0.854. The van der Waals surface area contributed by atoms with Crippen molar-refractivity contribution >= 4 is 23.4 Å². The van der Waals surface area contributed by atoms with Crippen molar-refractivity contribution in [2.75, 3.05) is 6.54 Å². The van der Waals surface area contributed by atoms with Gasteiger partial charge in [-0.25, -0.2) is 0 Å². The van der Waals surface area contributed by atoms with Gasteiger partial charge in [0.25, 0.3) is 0 Å². The van der Waals surface area contributed by atoms with Crippen molar-refractivity contribution in [3.8, 4) is 0 Å². The van der Waals surface area contributed by atoms with Crippen molar-refractivity contribution in [3.63, 3.8) is 0 Å². The van der Waals surface area contributed by atoms with Crippen LogP contribution >= 0.6 is 11.6 Å². The lowest BCUT2D eigenvalue weighted by molar-refractivity contribution is -0.139. The van der Waals surface area contributed by atoms with E-state index < -0.39 is 17.4 Å². The number of rotatable bonds is 7. The molecule has 0 unspecified atom stereocenters. The maximum absolute atomic E-state index is 11.9. The second-order valence-electron chi connectivity index (χ2n) is 6.47. The van der Waals surface area contributed by atoms with Crippen LogP contribution in [-0.2, 0) is 22.6 Å². The van der Waals surface area contributed by atoms with Gasteiger partial charge in [-0.1, -0.05) is 54.1 Å². The van der Waals surface area contributed by atoms with E-state index in [0.717, 1.165) is 11.1 Å². The van der Waals surface area contributed by atoms with Crippen LogP contribution < -0.4 is 10.6 Å². The fraction of sp³-hybridized carbons (Fsp3) is 0.300. The molecule has 1 atom stereocenters. The molecule has 0 aliphatic heterocycles. The normalized spacial score (nSPS) is 12.9. The van der Waals surface area contributed by atoms with E-state index in [2.05, 4.69) is 10.6 Å². The highest BCUT2D eigenvalue weighted by Gasteiger charge is 2.23. The standard InChI is InChI=1S/C20H23ClN2O3/c1-20(26,12-11-15-5-3-2-4-6-15)14-23-19(25)18(24)22-13-16-7-9-17(21)10-8-16/h2-10,26H,11-14H2,1H3,(H,22,24)(H,23,25)/t20-/m0/s1. The van der Waals surface area contributed by atoms with Crippen LogP contribution in [0.2, 0.25) is 5.02 Å². The van der Waals surface area contributed by atoms with E-state index in [1.165, 1.54) is 0 Å². The first-order valence-electron chi connectivity index (χ1n) is 8.42. The third kappa shape index (κ3) is 6.86. The first-order valence-corrected chi connectivity index (χ1v) is 8.80. The van der Waals surface area contributed by atoms with Gasteiger partial charge >= 0.3 is 11.8 Å². The SMILES string of the molecule is C[C@](O)(CCc1ccccc1)CNC(=O)C(=O)NCc1ccc(Cl)cc1. The number of nitrogens with one attached hydrogen (secondary N) is 2. The lowest BCUT2D eigenvalue weighted by atomic mass is 9.97. The van der Waals surface area contributed by atoms with Gasteiger partial charge in [0.2, 0.25) is 0 Å². The predicted molar refractivity (Wildman–Crippen MR) is 102 cm³/mol. The number of halogens is 1. The Hall–Kier alpha value is -2.37. The van der Waals surface area contributed by atoms with Crippen molar-refractivity contribution in [1.29, 1.82) is 0 Å². The summed E-state index contributed by atoms with van der Waals surface area (Å²) in [5.74, 6) is -1.50. The van der Waals surface area contributed by atoms with E-state index in [1.54, 1.807) is 31.2 Å². The molecule has 0 bridgehead atoms. The van der Waals surface area contributed by atoms with Crippen LogP contribution in [0.25, 0.3) is 0 Å². The third-order valence-electron chi connectivity index (χ3n) is 4.00. The topological polar surface area (TPSA) is 78.4 Å². The van der Waals surface area contributed by atoms with E-state index in [9.17, 15) is 14.7 Å². The number of amides is 2. The molecule has 0 aromatic heterocycles. The first kappa shape index (κ1) is 19.9. The molecule has 0 saturated carbocycles. The zero-order valence-electron chi connectivity index (χ0n) is 14.7. The van der Waals surface area contributed by atoms with Gasteiger partial charge in [0.05, 0.1) is 5.60 Å². The average molecular weight is 375 g/mol. The minimum absolute atomic E-state index is 0.00698. The molecule has 2 aromatic carbocycles. The lowest BCUT2D eigenvalue weighted by Gasteiger charge is -2.23. The van der Waals surface area contributed by atoms with Gasteiger partial charge in [0.1, 0.15) is 0 Å². The molecule has 0 radical (unpaired) electrons. The second kappa shape index (κ2) is 9.36. The van der Waals surface area contributed by atoms with E-state index in [0.29, 0.717) is 17.9 Å². The summed E-state index contributed by atoms with van der Waals surface area (Å²) in [6.07, 6.45) is 1.16. The number of aliphatic hydroxyl groups is 1. The van der Waals surface area contributed by atoms with Gasteiger partial charge < -0.3 is 15.7 Å². The maximum atomic E-state index is 11.9. The molecule has 138 valence electrons. The Bertz CT molecular complexity index is 730. The highest BCUT2D eigenvalue weighted by atomic mass is 35.5. The quantitative estimate of drug-likeness (QED) is 0.651. The fourth-order valence-electron chi connectivity index (χ4n) is 2.36. The molecule has 3 N–H and O–H groups in total. The number of hydrogen-bond donors (Lipinski definition) is 3. The van der Waals surface area contributed by atoms with Crippen LogP contribution in [0.1, 0.15) is 24.5 Å². The van der Waals surface area contributed by atoms with Crippen LogP contribution in [0.5, 0.6) is 0 Å². The van der Waals surface area contributed by atoms with Crippen molar-refractivity contribution < 1.29 is 14.7 Å². The maximum Gasteiger partial charge on any atom is 0.309 e. The Morgan fingerprint density at radius 1 is 0.962 bits per heavy atom. The first-order chi connectivity index (χ1) is 12.4. The van der Waals surface area contributed by atoms with Crippen molar-refractivity contribution in [2.24, 2.45) is 0 Å². The molecule has 5 nitrogen and oxygen atoms in total. The molecule has 6 heteroatoms. The van der Waals surface area contributed by atoms with Crippen LogP contribution in [0.4, 0.5) is 0 Å². The number of benzene rings is 2. The molecule has 0 saturated heterocycles. The zero-order chi connectivity index (χ0) is 19.0. The Kier molecular flexibility index (Phi) is 7.18.